The normalized spacial score (nSPS) is 17.9. The van der Waals surface area contributed by atoms with Crippen molar-refractivity contribution in [3.63, 3.8) is 0 Å². The summed E-state index contributed by atoms with van der Waals surface area (Å²) in [7, 11) is 0. The minimum atomic E-state index is -0.434. The summed E-state index contributed by atoms with van der Waals surface area (Å²) in [6.45, 7) is 7.95. The number of hydrogen-bond acceptors (Lipinski definition) is 9. The van der Waals surface area contributed by atoms with Crippen LogP contribution in [-0.4, -0.2) is 57.2 Å². The fraction of sp³-hybridized carbons (Fsp3) is 0.588. The van der Waals surface area contributed by atoms with Crippen molar-refractivity contribution >= 4 is 17.5 Å². The molecule has 2 aliphatic rings. The fourth-order valence-electron chi connectivity index (χ4n) is 3.24. The van der Waals surface area contributed by atoms with Crippen LogP contribution < -0.4 is 10.2 Å². The number of hydrogen-bond donors (Lipinski definition) is 1. The van der Waals surface area contributed by atoms with E-state index < -0.39 is 4.92 Å². The van der Waals surface area contributed by atoms with Gasteiger partial charge in [-0.2, -0.15) is 4.98 Å². The van der Waals surface area contributed by atoms with Crippen molar-refractivity contribution in [3.05, 3.63) is 33.3 Å². The van der Waals surface area contributed by atoms with Gasteiger partial charge in [0.2, 0.25) is 11.8 Å². The summed E-state index contributed by atoms with van der Waals surface area (Å²) in [6, 6.07) is 0.290. The van der Waals surface area contributed by atoms with Crippen molar-refractivity contribution in [3.8, 4) is 0 Å². The van der Waals surface area contributed by atoms with E-state index in [2.05, 4.69) is 30.2 Å². The number of nitrogens with one attached hydrogen (secondary N) is 1. The molecule has 0 bridgehead atoms. The molecule has 2 fully saturated rings. The Morgan fingerprint density at radius 1 is 1.30 bits per heavy atom. The Morgan fingerprint density at radius 3 is 2.63 bits per heavy atom. The van der Waals surface area contributed by atoms with Crippen LogP contribution >= 0.6 is 0 Å². The van der Waals surface area contributed by atoms with E-state index in [-0.39, 0.29) is 5.69 Å². The molecule has 144 valence electrons. The van der Waals surface area contributed by atoms with Crippen molar-refractivity contribution in [2.75, 3.05) is 36.4 Å². The summed E-state index contributed by atoms with van der Waals surface area (Å²) < 4.78 is 5.24. The molecule has 0 spiro atoms. The van der Waals surface area contributed by atoms with Crippen LogP contribution in [0.2, 0.25) is 0 Å². The van der Waals surface area contributed by atoms with Gasteiger partial charge in [-0.3, -0.25) is 15.0 Å². The average Bonchev–Trinajstić information content (AvgIpc) is 3.42. The van der Waals surface area contributed by atoms with Gasteiger partial charge in [-0.05, 0) is 26.7 Å². The predicted molar refractivity (Wildman–Crippen MR) is 98.8 cm³/mol. The van der Waals surface area contributed by atoms with E-state index in [0.717, 1.165) is 62.6 Å². The van der Waals surface area contributed by atoms with E-state index in [4.69, 9.17) is 4.52 Å². The van der Waals surface area contributed by atoms with Gasteiger partial charge in [0, 0.05) is 44.3 Å². The van der Waals surface area contributed by atoms with Crippen molar-refractivity contribution in [2.24, 2.45) is 0 Å². The van der Waals surface area contributed by atoms with Crippen molar-refractivity contribution in [1.82, 2.24) is 20.0 Å². The molecule has 27 heavy (non-hydrogen) atoms. The molecule has 1 aliphatic carbocycles. The summed E-state index contributed by atoms with van der Waals surface area (Å²) in [6.07, 6.45) is 3.36. The molecule has 0 atom stereocenters. The lowest BCUT2D eigenvalue weighted by Gasteiger charge is -2.34. The average molecular weight is 373 g/mol. The highest BCUT2D eigenvalue weighted by Gasteiger charge is 2.28. The quantitative estimate of drug-likeness (QED) is 0.599. The van der Waals surface area contributed by atoms with Crippen LogP contribution in [0.25, 0.3) is 0 Å². The highest BCUT2D eigenvalue weighted by Crippen LogP contribution is 2.30. The van der Waals surface area contributed by atoms with E-state index in [9.17, 15) is 10.1 Å². The molecule has 1 saturated carbocycles. The molecular weight excluding hydrogens is 350 g/mol. The van der Waals surface area contributed by atoms with Gasteiger partial charge in [-0.1, -0.05) is 5.16 Å². The summed E-state index contributed by atoms with van der Waals surface area (Å²) >= 11 is 0. The van der Waals surface area contributed by atoms with Gasteiger partial charge < -0.3 is 14.7 Å². The molecule has 10 heteroatoms. The summed E-state index contributed by atoms with van der Waals surface area (Å²) in [5, 5.41) is 18.4. The van der Waals surface area contributed by atoms with Gasteiger partial charge in [0.05, 0.1) is 10.6 Å². The van der Waals surface area contributed by atoms with Gasteiger partial charge in [-0.25, -0.2) is 4.98 Å². The standard InChI is InChI=1S/C17H23N7O3/c1-11-14(12(2)27-21-11)10-22-5-7-23(8-6-22)17-18-9-15(24(25)26)16(20-17)19-13-3-4-13/h9,13H,3-8,10H2,1-2H3,(H,18,19,20). The number of aromatic nitrogens is 3. The maximum absolute atomic E-state index is 11.2. The summed E-state index contributed by atoms with van der Waals surface area (Å²) in [4.78, 5) is 23.9. The second-order valence-corrected chi connectivity index (χ2v) is 7.15. The minimum absolute atomic E-state index is 0.0669. The Morgan fingerprint density at radius 2 is 2.04 bits per heavy atom. The zero-order chi connectivity index (χ0) is 19.0. The number of anilines is 2. The monoisotopic (exact) mass is 373 g/mol. The van der Waals surface area contributed by atoms with Crippen molar-refractivity contribution in [1.29, 1.82) is 0 Å². The predicted octanol–water partition coefficient (Wildman–Crippen LogP) is 1.89. The summed E-state index contributed by atoms with van der Waals surface area (Å²) in [5.41, 5.74) is 2.01. The minimum Gasteiger partial charge on any atom is -0.361 e. The third-order valence-corrected chi connectivity index (χ3v) is 5.09. The molecule has 2 aromatic rings. The number of aryl methyl sites for hydroxylation is 2. The van der Waals surface area contributed by atoms with E-state index in [1.54, 1.807) is 0 Å². The smallest absolute Gasteiger partial charge is 0.329 e. The number of nitrogens with zero attached hydrogens (tertiary/aromatic N) is 6. The van der Waals surface area contributed by atoms with Gasteiger partial charge in [0.25, 0.3) is 0 Å². The summed E-state index contributed by atoms with van der Waals surface area (Å²) in [5.74, 6) is 1.73. The molecule has 3 heterocycles. The molecule has 0 unspecified atom stereocenters. The Kier molecular flexibility index (Phi) is 4.65. The molecule has 4 rings (SSSR count). The Balaban J connectivity index is 1.42. The maximum atomic E-state index is 11.2. The van der Waals surface area contributed by atoms with Gasteiger partial charge in [0.15, 0.2) is 0 Å². The zero-order valence-electron chi connectivity index (χ0n) is 15.5. The highest BCUT2D eigenvalue weighted by molar-refractivity contribution is 5.58. The lowest BCUT2D eigenvalue weighted by Crippen LogP contribution is -2.46. The Bertz CT molecular complexity index is 822. The largest absolute Gasteiger partial charge is 0.361 e. The lowest BCUT2D eigenvalue weighted by atomic mass is 10.2. The van der Waals surface area contributed by atoms with Crippen molar-refractivity contribution in [2.45, 2.75) is 39.3 Å². The topological polar surface area (TPSA) is 113 Å². The van der Waals surface area contributed by atoms with Gasteiger partial charge in [-0.15, -0.1) is 0 Å². The number of rotatable bonds is 6. The lowest BCUT2D eigenvalue weighted by molar-refractivity contribution is -0.384. The second-order valence-electron chi connectivity index (χ2n) is 7.15. The molecule has 2 aromatic heterocycles. The number of nitro groups is 1. The van der Waals surface area contributed by atoms with E-state index in [0.29, 0.717) is 17.8 Å². The first-order valence-corrected chi connectivity index (χ1v) is 9.18. The zero-order valence-corrected chi connectivity index (χ0v) is 15.5. The molecule has 1 aliphatic heterocycles. The van der Waals surface area contributed by atoms with Crippen molar-refractivity contribution < 1.29 is 9.45 Å². The fourth-order valence-corrected chi connectivity index (χ4v) is 3.24. The third-order valence-electron chi connectivity index (χ3n) is 5.09. The molecule has 1 N–H and O–H groups in total. The maximum Gasteiger partial charge on any atom is 0.329 e. The third kappa shape index (κ3) is 3.85. The van der Waals surface area contributed by atoms with Gasteiger partial charge >= 0.3 is 5.69 Å². The molecule has 0 aromatic carbocycles. The Labute approximate surface area is 156 Å². The Hall–Kier alpha value is -2.75. The number of piperazine rings is 1. The molecule has 10 nitrogen and oxygen atoms in total. The highest BCUT2D eigenvalue weighted by atomic mass is 16.6. The van der Waals surface area contributed by atoms with E-state index in [1.807, 2.05) is 13.8 Å². The van der Waals surface area contributed by atoms with Crippen LogP contribution in [-0.2, 0) is 6.54 Å². The first kappa shape index (κ1) is 17.7. The molecule has 0 amide bonds. The molecular formula is C17H23N7O3. The van der Waals surface area contributed by atoms with Crippen LogP contribution in [0.1, 0.15) is 29.9 Å². The van der Waals surface area contributed by atoms with Gasteiger partial charge in [0.1, 0.15) is 12.0 Å². The molecule has 0 radical (unpaired) electrons. The van der Waals surface area contributed by atoms with Crippen LogP contribution in [0.3, 0.4) is 0 Å². The molecule has 1 saturated heterocycles. The van der Waals surface area contributed by atoms with E-state index in [1.165, 1.54) is 6.20 Å². The van der Waals surface area contributed by atoms with Crippen LogP contribution in [0.15, 0.2) is 10.7 Å². The van der Waals surface area contributed by atoms with Crippen LogP contribution in [0.5, 0.6) is 0 Å². The first-order chi connectivity index (χ1) is 13.0. The SMILES string of the molecule is Cc1noc(C)c1CN1CCN(c2ncc([N+](=O)[O-])c(NC3CC3)n2)CC1. The van der Waals surface area contributed by atoms with Crippen LogP contribution in [0.4, 0.5) is 17.5 Å². The second kappa shape index (κ2) is 7.10. The van der Waals surface area contributed by atoms with Crippen LogP contribution in [0, 0.1) is 24.0 Å². The van der Waals surface area contributed by atoms with E-state index >= 15 is 0 Å². The first-order valence-electron chi connectivity index (χ1n) is 9.18.